The van der Waals surface area contributed by atoms with Crippen LogP contribution in [0.2, 0.25) is 5.02 Å². The minimum atomic E-state index is 0.741. The number of fused-ring (bicyclic) bond motifs is 1. The molecule has 0 aliphatic heterocycles. The predicted molar refractivity (Wildman–Crippen MR) is 79.7 cm³/mol. The number of benzene rings is 1. The fourth-order valence-electron chi connectivity index (χ4n) is 2.22. The summed E-state index contributed by atoms with van der Waals surface area (Å²) in [6.07, 6.45) is 4.56. The Bertz CT molecular complexity index is 674. The van der Waals surface area contributed by atoms with Crippen LogP contribution in [0.1, 0.15) is 12.1 Å². The average Bonchev–Trinajstić information content (AvgIpc) is 3.08. The maximum absolute atomic E-state index is 6.36. The van der Waals surface area contributed by atoms with Crippen LogP contribution in [0.3, 0.4) is 0 Å². The lowest BCUT2D eigenvalue weighted by molar-refractivity contribution is 0.529. The van der Waals surface area contributed by atoms with E-state index in [2.05, 4.69) is 20.6 Å². The molecule has 0 aliphatic carbocycles. The minimum Gasteiger partial charge on any atom is -0.356 e. The Morgan fingerprint density at radius 1 is 1.30 bits per heavy atom. The van der Waals surface area contributed by atoms with E-state index in [1.165, 1.54) is 0 Å². The number of aryl methyl sites for hydroxylation is 1. The highest BCUT2D eigenvalue weighted by molar-refractivity contribution is 6.36. The minimum absolute atomic E-state index is 0.741. The van der Waals surface area contributed by atoms with Gasteiger partial charge in [-0.2, -0.15) is 0 Å². The summed E-state index contributed by atoms with van der Waals surface area (Å²) in [5, 5.41) is 13.0. The van der Waals surface area contributed by atoms with Gasteiger partial charge < -0.3 is 10.3 Å². The van der Waals surface area contributed by atoms with Gasteiger partial charge in [-0.05, 0) is 19.0 Å². The molecule has 0 bridgehead atoms. The first-order valence-corrected chi connectivity index (χ1v) is 7.02. The van der Waals surface area contributed by atoms with E-state index in [4.69, 9.17) is 11.6 Å². The third kappa shape index (κ3) is 2.84. The normalized spacial score (nSPS) is 11.2. The number of aromatic amines is 1. The number of hydrogen-bond acceptors (Lipinski definition) is 3. The van der Waals surface area contributed by atoms with Crippen molar-refractivity contribution in [2.75, 3.05) is 6.54 Å². The number of H-pyrrole nitrogens is 1. The molecule has 0 radical (unpaired) electrons. The van der Waals surface area contributed by atoms with Crippen molar-refractivity contribution in [1.29, 1.82) is 0 Å². The number of nitrogens with one attached hydrogen (secondary N) is 2. The number of halogens is 1. The lowest BCUT2D eigenvalue weighted by atomic mass is 10.2. The molecule has 0 aliphatic rings. The molecular formula is C14H16ClN5. The molecule has 0 atom stereocenters. The largest absolute Gasteiger partial charge is 0.356 e. The molecule has 0 spiro atoms. The van der Waals surface area contributed by atoms with Gasteiger partial charge in [0.2, 0.25) is 0 Å². The van der Waals surface area contributed by atoms with E-state index < -0.39 is 0 Å². The van der Waals surface area contributed by atoms with Crippen molar-refractivity contribution in [3.8, 4) is 0 Å². The Kier molecular flexibility index (Phi) is 3.99. The molecular weight excluding hydrogens is 274 g/mol. The second-order valence-corrected chi connectivity index (χ2v) is 5.04. The Labute approximate surface area is 121 Å². The predicted octanol–water partition coefficient (Wildman–Crippen LogP) is 2.59. The van der Waals surface area contributed by atoms with Gasteiger partial charge in [0.15, 0.2) is 0 Å². The molecule has 2 N–H and O–H groups in total. The van der Waals surface area contributed by atoms with Crippen LogP contribution >= 0.6 is 11.6 Å². The van der Waals surface area contributed by atoms with Gasteiger partial charge in [-0.3, -0.25) is 4.68 Å². The van der Waals surface area contributed by atoms with Crippen molar-refractivity contribution in [3.05, 3.63) is 47.4 Å². The van der Waals surface area contributed by atoms with E-state index >= 15 is 0 Å². The van der Waals surface area contributed by atoms with E-state index in [0.29, 0.717) is 0 Å². The summed E-state index contributed by atoms with van der Waals surface area (Å²) in [7, 11) is 0. The smallest absolute Gasteiger partial charge is 0.0705 e. The maximum atomic E-state index is 6.36. The summed E-state index contributed by atoms with van der Waals surface area (Å²) in [6.45, 7) is 2.52. The van der Waals surface area contributed by atoms with Crippen molar-refractivity contribution in [3.63, 3.8) is 0 Å². The van der Waals surface area contributed by atoms with Gasteiger partial charge in [0.1, 0.15) is 0 Å². The van der Waals surface area contributed by atoms with Crippen LogP contribution < -0.4 is 5.32 Å². The first-order valence-electron chi connectivity index (χ1n) is 6.64. The number of hydrogen-bond donors (Lipinski definition) is 2. The van der Waals surface area contributed by atoms with Crippen molar-refractivity contribution >= 4 is 22.5 Å². The standard InChI is InChI=1S/C14H16ClN5/c15-14-11-4-1-2-5-12(11)18-13(14)10-16-6-3-8-20-9-7-17-19-20/h1-2,4-5,7,9,16,18H,3,6,8,10H2. The fraction of sp³-hybridized carbons (Fsp3) is 0.286. The van der Waals surface area contributed by atoms with Crippen molar-refractivity contribution in [2.45, 2.75) is 19.5 Å². The van der Waals surface area contributed by atoms with Crippen LogP contribution in [0.25, 0.3) is 10.9 Å². The van der Waals surface area contributed by atoms with E-state index in [0.717, 1.165) is 47.7 Å². The molecule has 2 heterocycles. The van der Waals surface area contributed by atoms with E-state index in [-0.39, 0.29) is 0 Å². The van der Waals surface area contributed by atoms with Gasteiger partial charge >= 0.3 is 0 Å². The maximum Gasteiger partial charge on any atom is 0.0705 e. The number of rotatable bonds is 6. The Morgan fingerprint density at radius 3 is 3.00 bits per heavy atom. The molecule has 1 aromatic carbocycles. The third-order valence-electron chi connectivity index (χ3n) is 3.23. The van der Waals surface area contributed by atoms with E-state index in [1.54, 1.807) is 6.20 Å². The van der Waals surface area contributed by atoms with Gasteiger partial charge in [-0.25, -0.2) is 0 Å². The zero-order chi connectivity index (χ0) is 13.8. The second kappa shape index (κ2) is 6.07. The molecule has 0 unspecified atom stereocenters. The van der Waals surface area contributed by atoms with Crippen LogP contribution in [-0.2, 0) is 13.1 Å². The highest BCUT2D eigenvalue weighted by atomic mass is 35.5. The molecule has 3 rings (SSSR count). The SMILES string of the molecule is Clc1c(CNCCCn2ccnn2)[nH]c2ccccc12. The number of nitrogens with zero attached hydrogens (tertiary/aromatic N) is 3. The van der Waals surface area contributed by atoms with Gasteiger partial charge in [-0.1, -0.05) is 35.0 Å². The van der Waals surface area contributed by atoms with E-state index in [9.17, 15) is 0 Å². The lowest BCUT2D eigenvalue weighted by Crippen LogP contribution is -2.17. The van der Waals surface area contributed by atoms with Crippen LogP contribution in [0.15, 0.2) is 36.7 Å². The Balaban J connectivity index is 1.51. The molecule has 3 aromatic rings. The molecule has 2 aromatic heterocycles. The van der Waals surface area contributed by atoms with Gasteiger partial charge in [0.25, 0.3) is 0 Å². The zero-order valence-corrected chi connectivity index (χ0v) is 11.8. The second-order valence-electron chi connectivity index (χ2n) is 4.66. The highest BCUT2D eigenvalue weighted by Crippen LogP contribution is 2.26. The van der Waals surface area contributed by atoms with Gasteiger partial charge in [-0.15, -0.1) is 5.10 Å². The van der Waals surface area contributed by atoms with Gasteiger partial charge in [0, 0.05) is 35.9 Å². The monoisotopic (exact) mass is 289 g/mol. The van der Waals surface area contributed by atoms with Crippen LogP contribution in [0, 0.1) is 0 Å². The summed E-state index contributed by atoms with van der Waals surface area (Å²) in [5.74, 6) is 0. The average molecular weight is 290 g/mol. The molecule has 20 heavy (non-hydrogen) atoms. The summed E-state index contributed by atoms with van der Waals surface area (Å²) in [4.78, 5) is 3.35. The Morgan fingerprint density at radius 2 is 2.20 bits per heavy atom. The lowest BCUT2D eigenvalue weighted by Gasteiger charge is -2.04. The number of aromatic nitrogens is 4. The first kappa shape index (κ1) is 13.1. The molecule has 0 amide bonds. The first-order chi connectivity index (χ1) is 9.84. The van der Waals surface area contributed by atoms with Crippen molar-refractivity contribution < 1.29 is 0 Å². The molecule has 0 saturated carbocycles. The third-order valence-corrected chi connectivity index (χ3v) is 3.66. The topological polar surface area (TPSA) is 58.5 Å². The Hall–Kier alpha value is -1.85. The molecule has 0 saturated heterocycles. The number of para-hydroxylation sites is 1. The zero-order valence-electron chi connectivity index (χ0n) is 11.0. The van der Waals surface area contributed by atoms with Crippen LogP contribution in [0.5, 0.6) is 0 Å². The molecule has 6 heteroatoms. The highest BCUT2D eigenvalue weighted by Gasteiger charge is 2.07. The van der Waals surface area contributed by atoms with E-state index in [1.807, 2.05) is 35.1 Å². The fourth-order valence-corrected chi connectivity index (χ4v) is 2.50. The summed E-state index contributed by atoms with van der Waals surface area (Å²) in [5.41, 5.74) is 2.12. The summed E-state index contributed by atoms with van der Waals surface area (Å²) in [6, 6.07) is 8.07. The van der Waals surface area contributed by atoms with Crippen molar-refractivity contribution in [1.82, 2.24) is 25.3 Å². The molecule has 0 fully saturated rings. The quantitative estimate of drug-likeness (QED) is 0.686. The molecule has 5 nitrogen and oxygen atoms in total. The van der Waals surface area contributed by atoms with Crippen LogP contribution in [-0.4, -0.2) is 26.5 Å². The summed E-state index contributed by atoms with van der Waals surface area (Å²) < 4.78 is 1.83. The van der Waals surface area contributed by atoms with Crippen molar-refractivity contribution in [2.24, 2.45) is 0 Å². The molecule has 104 valence electrons. The summed E-state index contributed by atoms with van der Waals surface area (Å²) >= 11 is 6.36. The van der Waals surface area contributed by atoms with Gasteiger partial charge in [0.05, 0.1) is 11.2 Å². The van der Waals surface area contributed by atoms with Crippen LogP contribution in [0.4, 0.5) is 0 Å².